The van der Waals surface area contributed by atoms with E-state index in [2.05, 4.69) is 26.2 Å². The molecular formula is C9H20P2. The molecule has 0 spiro atoms. The van der Waals surface area contributed by atoms with Crippen LogP contribution in [0.1, 0.15) is 26.2 Å². The monoisotopic (exact) mass is 190 g/mol. The van der Waals surface area contributed by atoms with Crippen LogP contribution in [-0.2, 0) is 0 Å². The van der Waals surface area contributed by atoms with Crippen LogP contribution >= 0.6 is 16.5 Å². The highest BCUT2D eigenvalue weighted by molar-refractivity contribution is 8.11. The molecule has 0 aromatic carbocycles. The molecule has 0 amide bonds. The Morgan fingerprint density at radius 3 is 2.73 bits per heavy atom. The van der Waals surface area contributed by atoms with Crippen LogP contribution in [0.15, 0.2) is 12.7 Å². The van der Waals surface area contributed by atoms with Gasteiger partial charge in [0.05, 0.1) is 0 Å². The summed E-state index contributed by atoms with van der Waals surface area (Å²) < 4.78 is 0. The minimum Gasteiger partial charge on any atom is -0.103 e. The van der Waals surface area contributed by atoms with Gasteiger partial charge in [0, 0.05) is 0 Å². The van der Waals surface area contributed by atoms with E-state index in [1.54, 1.807) is 0 Å². The van der Waals surface area contributed by atoms with Gasteiger partial charge in [0.25, 0.3) is 0 Å². The smallest absolute Gasteiger partial charge is 0.0239 e. The largest absolute Gasteiger partial charge is 0.103 e. The zero-order valence-corrected chi connectivity index (χ0v) is 9.69. The molecule has 0 heterocycles. The third-order valence-corrected chi connectivity index (χ3v) is 4.68. The van der Waals surface area contributed by atoms with Gasteiger partial charge in [0.1, 0.15) is 0 Å². The minimum atomic E-state index is 0.778. The Morgan fingerprint density at radius 2 is 2.27 bits per heavy atom. The predicted octanol–water partition coefficient (Wildman–Crippen LogP) is 3.88. The van der Waals surface area contributed by atoms with Crippen LogP contribution < -0.4 is 0 Å². The van der Waals surface area contributed by atoms with Crippen molar-refractivity contribution in [2.45, 2.75) is 26.2 Å². The van der Waals surface area contributed by atoms with E-state index in [-0.39, 0.29) is 0 Å². The molecule has 0 saturated carbocycles. The van der Waals surface area contributed by atoms with Crippen LogP contribution in [0, 0.1) is 5.92 Å². The fraction of sp³-hybridized carbons (Fsp3) is 0.778. The van der Waals surface area contributed by atoms with Gasteiger partial charge in [-0.05, 0) is 38.0 Å². The summed E-state index contributed by atoms with van der Waals surface area (Å²) in [5.74, 6) is 0.778. The Labute approximate surface area is 74.7 Å². The van der Waals surface area contributed by atoms with E-state index < -0.39 is 0 Å². The molecule has 0 nitrogen and oxygen atoms in total. The van der Waals surface area contributed by atoms with Crippen LogP contribution in [0.4, 0.5) is 0 Å². The molecule has 3 unspecified atom stereocenters. The van der Waals surface area contributed by atoms with E-state index in [9.17, 15) is 0 Å². The van der Waals surface area contributed by atoms with Crippen molar-refractivity contribution >= 4 is 16.5 Å². The summed E-state index contributed by atoms with van der Waals surface area (Å²) in [5, 5.41) is 0. The van der Waals surface area contributed by atoms with E-state index in [4.69, 9.17) is 0 Å². The lowest BCUT2D eigenvalue weighted by Gasteiger charge is -2.07. The Morgan fingerprint density at radius 1 is 1.55 bits per heavy atom. The molecule has 0 aromatic heterocycles. The summed E-state index contributed by atoms with van der Waals surface area (Å²) in [7, 11) is 2.38. The highest BCUT2D eigenvalue weighted by atomic mass is 32.0. The number of hydrogen-bond donors (Lipinski definition) is 0. The fourth-order valence-electron chi connectivity index (χ4n) is 1.07. The van der Waals surface area contributed by atoms with Crippen molar-refractivity contribution in [3.05, 3.63) is 12.7 Å². The second-order valence-electron chi connectivity index (χ2n) is 2.72. The lowest BCUT2D eigenvalue weighted by molar-refractivity contribution is 0.567. The quantitative estimate of drug-likeness (QED) is 0.324. The van der Waals surface area contributed by atoms with E-state index in [1.807, 2.05) is 0 Å². The average Bonchev–Trinajstić information content (AvgIpc) is 2.05. The molecule has 0 aromatic rings. The molecule has 0 N–H and O–H groups in total. The van der Waals surface area contributed by atoms with Gasteiger partial charge in [-0.2, -0.15) is 0 Å². The Kier molecular flexibility index (Phi) is 9.17. The summed E-state index contributed by atoms with van der Waals surface area (Å²) in [5.41, 5.74) is 0. The standard InChI is InChI=1S/C9H20P2/c1-4-9(5-2)7-6-8-11-10-3/h4,9-11H,1,5-8H2,2-3H3. The first-order valence-electron chi connectivity index (χ1n) is 4.37. The third kappa shape index (κ3) is 6.98. The summed E-state index contributed by atoms with van der Waals surface area (Å²) in [4.78, 5) is 0. The van der Waals surface area contributed by atoms with E-state index >= 15 is 0 Å². The number of rotatable bonds is 7. The van der Waals surface area contributed by atoms with Crippen molar-refractivity contribution in [2.24, 2.45) is 5.92 Å². The Balaban J connectivity index is 3.14. The van der Waals surface area contributed by atoms with Crippen LogP contribution in [0.5, 0.6) is 0 Å². The molecule has 0 rings (SSSR count). The van der Waals surface area contributed by atoms with E-state index in [0.717, 1.165) is 14.2 Å². The third-order valence-electron chi connectivity index (χ3n) is 1.91. The van der Waals surface area contributed by atoms with Gasteiger partial charge >= 0.3 is 0 Å². The normalized spacial score (nSPS) is 15.1. The maximum Gasteiger partial charge on any atom is -0.0239 e. The molecule has 11 heavy (non-hydrogen) atoms. The van der Waals surface area contributed by atoms with Crippen molar-refractivity contribution in [3.8, 4) is 0 Å². The molecule has 0 aliphatic carbocycles. The summed E-state index contributed by atoms with van der Waals surface area (Å²) in [6.07, 6.45) is 7.58. The SMILES string of the molecule is C=CC(CC)CCCPPC. The van der Waals surface area contributed by atoms with Crippen LogP contribution in [0.2, 0.25) is 0 Å². The van der Waals surface area contributed by atoms with Crippen molar-refractivity contribution < 1.29 is 0 Å². The van der Waals surface area contributed by atoms with Crippen LogP contribution in [0.3, 0.4) is 0 Å². The van der Waals surface area contributed by atoms with Crippen molar-refractivity contribution in [2.75, 3.05) is 12.8 Å². The molecule has 0 fully saturated rings. The first-order valence-corrected chi connectivity index (χ1v) is 8.08. The highest BCUT2D eigenvalue weighted by Gasteiger charge is 1.98. The molecule has 3 atom stereocenters. The van der Waals surface area contributed by atoms with Crippen molar-refractivity contribution in [1.29, 1.82) is 0 Å². The Hall–Kier alpha value is 0.600. The summed E-state index contributed by atoms with van der Waals surface area (Å²) >= 11 is 0. The molecule has 0 bridgehead atoms. The first-order chi connectivity index (χ1) is 5.35. The lowest BCUT2D eigenvalue weighted by atomic mass is 10.0. The first kappa shape index (κ1) is 11.6. The predicted molar refractivity (Wildman–Crippen MR) is 60.6 cm³/mol. The number of allylic oxidation sites excluding steroid dienone is 1. The molecule has 2 heteroatoms. The number of hydrogen-bond acceptors (Lipinski definition) is 0. The Bertz CT molecular complexity index is 91.6. The molecule has 0 aliphatic heterocycles. The molecular weight excluding hydrogens is 170 g/mol. The molecule has 66 valence electrons. The van der Waals surface area contributed by atoms with Gasteiger partial charge < -0.3 is 0 Å². The van der Waals surface area contributed by atoms with Crippen molar-refractivity contribution in [3.63, 3.8) is 0 Å². The van der Waals surface area contributed by atoms with Gasteiger partial charge in [0.15, 0.2) is 0 Å². The minimum absolute atomic E-state index is 0.778. The van der Waals surface area contributed by atoms with Crippen LogP contribution in [-0.4, -0.2) is 12.8 Å². The summed E-state index contributed by atoms with van der Waals surface area (Å²) in [6.45, 7) is 8.38. The maximum atomic E-state index is 3.83. The van der Waals surface area contributed by atoms with Gasteiger partial charge in [0.2, 0.25) is 0 Å². The second-order valence-corrected chi connectivity index (χ2v) is 6.64. The zero-order valence-electron chi connectivity index (χ0n) is 7.69. The van der Waals surface area contributed by atoms with E-state index in [0.29, 0.717) is 0 Å². The van der Waals surface area contributed by atoms with Gasteiger partial charge in [-0.15, -0.1) is 14.8 Å². The van der Waals surface area contributed by atoms with Gasteiger partial charge in [-0.3, -0.25) is 0 Å². The second kappa shape index (κ2) is 8.69. The lowest BCUT2D eigenvalue weighted by Crippen LogP contribution is -1.93. The summed E-state index contributed by atoms with van der Waals surface area (Å²) in [6, 6.07) is 0. The molecule has 0 saturated heterocycles. The van der Waals surface area contributed by atoms with E-state index in [1.165, 1.54) is 33.7 Å². The topological polar surface area (TPSA) is 0 Å². The maximum absolute atomic E-state index is 3.83. The molecule has 0 radical (unpaired) electrons. The van der Waals surface area contributed by atoms with Gasteiger partial charge in [-0.1, -0.05) is 21.3 Å². The van der Waals surface area contributed by atoms with Crippen molar-refractivity contribution in [1.82, 2.24) is 0 Å². The zero-order chi connectivity index (χ0) is 8.53. The average molecular weight is 190 g/mol. The molecule has 0 aliphatic rings. The van der Waals surface area contributed by atoms with Crippen LogP contribution in [0.25, 0.3) is 0 Å². The van der Waals surface area contributed by atoms with Gasteiger partial charge in [-0.25, -0.2) is 0 Å². The highest BCUT2D eigenvalue weighted by Crippen LogP contribution is 2.33. The fourth-order valence-corrected chi connectivity index (χ4v) is 2.98.